The van der Waals surface area contributed by atoms with Crippen LogP contribution in [-0.4, -0.2) is 24.5 Å². The van der Waals surface area contributed by atoms with E-state index in [9.17, 15) is 0 Å². The molecule has 0 aromatic carbocycles. The third kappa shape index (κ3) is 32.2. The molecule has 230 valence electrons. The first-order valence-corrected chi connectivity index (χ1v) is 18.6. The summed E-state index contributed by atoms with van der Waals surface area (Å²) >= 11 is 0. The van der Waals surface area contributed by atoms with Crippen molar-refractivity contribution in [3.8, 4) is 0 Å². The summed E-state index contributed by atoms with van der Waals surface area (Å²) in [4.78, 5) is 2.77. The zero-order valence-electron chi connectivity index (χ0n) is 27.5. The molecule has 0 aromatic heterocycles. The van der Waals surface area contributed by atoms with Crippen LogP contribution >= 0.6 is 0 Å². The summed E-state index contributed by atoms with van der Waals surface area (Å²) < 4.78 is 0. The fourth-order valence-corrected chi connectivity index (χ4v) is 6.07. The zero-order valence-corrected chi connectivity index (χ0v) is 27.5. The summed E-state index contributed by atoms with van der Waals surface area (Å²) in [7, 11) is 0. The van der Waals surface area contributed by atoms with E-state index in [1.807, 2.05) is 0 Å². The summed E-state index contributed by atoms with van der Waals surface area (Å²) in [6.45, 7) is 11.0. The number of nitrogens with zero attached hydrogens (tertiary/aromatic N) is 1. The zero-order chi connectivity index (χ0) is 27.6. The summed E-state index contributed by atoms with van der Waals surface area (Å²) in [6.07, 6.45) is 45.2. The Kier molecular flexibility index (Phi) is 35.0. The monoisotopic (exact) mass is 536 g/mol. The first kappa shape index (κ1) is 38.0. The Balaban J connectivity index is 3.36. The lowest BCUT2D eigenvalue weighted by Crippen LogP contribution is -2.27. The van der Waals surface area contributed by atoms with E-state index >= 15 is 0 Å². The molecule has 0 saturated carbocycles. The molecule has 0 N–H and O–H groups in total. The van der Waals surface area contributed by atoms with Gasteiger partial charge in [-0.2, -0.15) is 0 Å². The molecule has 0 atom stereocenters. The number of rotatable bonds is 34. The molecule has 0 aliphatic carbocycles. The Morgan fingerprint density at radius 2 is 0.421 bits per heavy atom. The van der Waals surface area contributed by atoms with Crippen molar-refractivity contribution in [3.05, 3.63) is 0 Å². The second-order valence-electron chi connectivity index (χ2n) is 12.7. The molecule has 0 saturated heterocycles. The average Bonchev–Trinajstić information content (AvgIpc) is 2.92. The van der Waals surface area contributed by atoms with Gasteiger partial charge in [-0.15, -0.1) is 0 Å². The lowest BCUT2D eigenvalue weighted by molar-refractivity contribution is 0.260. The molecule has 0 rings (SSSR count). The highest BCUT2D eigenvalue weighted by Gasteiger charge is 2.04. The maximum absolute atomic E-state index is 2.77. The van der Waals surface area contributed by atoms with Crippen LogP contribution in [0.3, 0.4) is 0 Å². The molecule has 0 aliphatic rings. The molecule has 0 fully saturated rings. The van der Waals surface area contributed by atoms with E-state index in [0.717, 1.165) is 0 Å². The van der Waals surface area contributed by atoms with E-state index in [1.165, 1.54) is 219 Å². The molecule has 0 heterocycles. The van der Waals surface area contributed by atoms with Gasteiger partial charge in [-0.1, -0.05) is 201 Å². The van der Waals surface area contributed by atoms with Crippen LogP contribution in [0.25, 0.3) is 0 Å². The molecule has 38 heavy (non-hydrogen) atoms. The first-order chi connectivity index (χ1) is 18.8. The summed E-state index contributed by atoms with van der Waals surface area (Å²) in [5.41, 5.74) is 0. The molecule has 0 aromatic rings. The van der Waals surface area contributed by atoms with Crippen molar-refractivity contribution < 1.29 is 0 Å². The molecule has 0 amide bonds. The van der Waals surface area contributed by atoms with Crippen LogP contribution in [0.5, 0.6) is 0 Å². The van der Waals surface area contributed by atoms with Crippen molar-refractivity contribution in [1.82, 2.24) is 4.90 Å². The lowest BCUT2D eigenvalue weighted by atomic mass is 10.0. The number of unbranched alkanes of at least 4 members (excludes halogenated alkanes) is 28. The normalized spacial score (nSPS) is 11.7. The fraction of sp³-hybridized carbons (Fsp3) is 1.00. The minimum absolute atomic E-state index is 1.32. The van der Waals surface area contributed by atoms with Crippen molar-refractivity contribution in [2.75, 3.05) is 19.6 Å². The molecular formula is C37H77N. The van der Waals surface area contributed by atoms with Gasteiger partial charge in [0.15, 0.2) is 0 Å². The van der Waals surface area contributed by atoms with Crippen molar-refractivity contribution >= 4 is 0 Å². The molecule has 0 unspecified atom stereocenters. The van der Waals surface area contributed by atoms with Gasteiger partial charge < -0.3 is 4.90 Å². The molecule has 0 aliphatic heterocycles. The predicted molar refractivity (Wildman–Crippen MR) is 177 cm³/mol. The van der Waals surface area contributed by atoms with Gasteiger partial charge in [-0.25, -0.2) is 0 Å². The van der Waals surface area contributed by atoms with Gasteiger partial charge in [0.2, 0.25) is 0 Å². The molecule has 0 bridgehead atoms. The fourth-order valence-electron chi connectivity index (χ4n) is 6.07. The van der Waals surface area contributed by atoms with Crippen molar-refractivity contribution in [2.45, 2.75) is 220 Å². The largest absolute Gasteiger partial charge is 0.303 e. The van der Waals surface area contributed by atoms with Crippen LogP contribution in [0.1, 0.15) is 220 Å². The van der Waals surface area contributed by atoms with Crippen molar-refractivity contribution in [1.29, 1.82) is 0 Å². The van der Waals surface area contributed by atoms with Crippen molar-refractivity contribution in [3.63, 3.8) is 0 Å². The molecule has 1 nitrogen and oxygen atoms in total. The summed E-state index contributed by atoms with van der Waals surface area (Å²) in [5, 5.41) is 0. The van der Waals surface area contributed by atoms with Crippen LogP contribution in [0.4, 0.5) is 0 Å². The Morgan fingerprint density at radius 3 is 0.632 bits per heavy atom. The predicted octanol–water partition coefficient (Wildman–Crippen LogP) is 13.4. The van der Waals surface area contributed by atoms with Crippen LogP contribution in [-0.2, 0) is 0 Å². The van der Waals surface area contributed by atoms with E-state index in [4.69, 9.17) is 0 Å². The topological polar surface area (TPSA) is 3.24 Å². The standard InChI is InChI=1S/C37H77N/c1-4-7-9-11-13-15-17-19-21-23-25-27-29-31-33-36-38(35-6-3)37-34-32-30-28-26-24-22-20-18-16-14-12-10-8-5-2/h4-37H2,1-3H3. The third-order valence-corrected chi connectivity index (χ3v) is 8.70. The van der Waals surface area contributed by atoms with E-state index in [1.54, 1.807) is 0 Å². The minimum Gasteiger partial charge on any atom is -0.303 e. The number of hydrogen-bond acceptors (Lipinski definition) is 1. The maximum atomic E-state index is 2.77. The molecule has 1 heteroatoms. The van der Waals surface area contributed by atoms with E-state index < -0.39 is 0 Å². The van der Waals surface area contributed by atoms with Gasteiger partial charge in [0.25, 0.3) is 0 Å². The van der Waals surface area contributed by atoms with Gasteiger partial charge in [-0.3, -0.25) is 0 Å². The van der Waals surface area contributed by atoms with Crippen LogP contribution in [0, 0.1) is 0 Å². The summed E-state index contributed by atoms with van der Waals surface area (Å²) in [5.74, 6) is 0. The van der Waals surface area contributed by atoms with E-state index in [-0.39, 0.29) is 0 Å². The SMILES string of the molecule is CCCCCCCCCCCCCCCCCN(CCC)CCCCCCCCCCCCCCCCC. The van der Waals surface area contributed by atoms with Gasteiger partial charge in [0.05, 0.1) is 0 Å². The van der Waals surface area contributed by atoms with Crippen molar-refractivity contribution in [2.24, 2.45) is 0 Å². The van der Waals surface area contributed by atoms with Crippen LogP contribution < -0.4 is 0 Å². The third-order valence-electron chi connectivity index (χ3n) is 8.70. The quantitative estimate of drug-likeness (QED) is 0.0740. The van der Waals surface area contributed by atoms with Gasteiger partial charge in [-0.05, 0) is 38.9 Å². The minimum atomic E-state index is 1.32. The summed E-state index contributed by atoms with van der Waals surface area (Å²) in [6, 6.07) is 0. The smallest absolute Gasteiger partial charge is 0.00187 e. The number of hydrogen-bond donors (Lipinski definition) is 0. The highest BCUT2D eigenvalue weighted by atomic mass is 15.1. The van der Waals surface area contributed by atoms with Crippen LogP contribution in [0.15, 0.2) is 0 Å². The average molecular weight is 536 g/mol. The Bertz CT molecular complexity index is 358. The Labute approximate surface area is 244 Å². The van der Waals surface area contributed by atoms with Gasteiger partial charge in [0, 0.05) is 0 Å². The van der Waals surface area contributed by atoms with E-state index in [2.05, 4.69) is 25.7 Å². The Hall–Kier alpha value is -0.0400. The highest BCUT2D eigenvalue weighted by Crippen LogP contribution is 2.15. The van der Waals surface area contributed by atoms with Gasteiger partial charge >= 0.3 is 0 Å². The molecule has 0 radical (unpaired) electrons. The second kappa shape index (κ2) is 35.0. The maximum Gasteiger partial charge on any atom is -0.00187 e. The van der Waals surface area contributed by atoms with Crippen LogP contribution in [0.2, 0.25) is 0 Å². The Morgan fingerprint density at radius 1 is 0.211 bits per heavy atom. The van der Waals surface area contributed by atoms with E-state index in [0.29, 0.717) is 0 Å². The highest BCUT2D eigenvalue weighted by molar-refractivity contribution is 4.59. The van der Waals surface area contributed by atoms with Gasteiger partial charge in [0.1, 0.15) is 0 Å². The lowest BCUT2D eigenvalue weighted by Gasteiger charge is -2.21. The molecule has 0 spiro atoms. The first-order valence-electron chi connectivity index (χ1n) is 18.6. The second-order valence-corrected chi connectivity index (χ2v) is 12.7. The molecular weight excluding hydrogens is 458 g/mol.